The topological polar surface area (TPSA) is 34.9 Å². The molecular formula is C25H30N2OS2. The summed E-state index contributed by atoms with van der Waals surface area (Å²) in [5.74, 6) is 1.40. The molecule has 30 heavy (non-hydrogen) atoms. The molecule has 4 rings (SSSR count). The molecule has 3 nitrogen and oxygen atoms in total. The van der Waals surface area contributed by atoms with Gasteiger partial charge in [-0.15, -0.1) is 11.3 Å². The van der Waals surface area contributed by atoms with Gasteiger partial charge in [0.25, 0.3) is 5.56 Å². The van der Waals surface area contributed by atoms with E-state index in [9.17, 15) is 4.79 Å². The molecule has 0 radical (unpaired) electrons. The van der Waals surface area contributed by atoms with Gasteiger partial charge in [0.2, 0.25) is 0 Å². The summed E-state index contributed by atoms with van der Waals surface area (Å²) in [4.78, 5) is 21.1. The van der Waals surface area contributed by atoms with Crippen molar-refractivity contribution in [1.29, 1.82) is 0 Å². The van der Waals surface area contributed by atoms with Crippen molar-refractivity contribution in [2.45, 2.75) is 59.0 Å². The van der Waals surface area contributed by atoms with Crippen molar-refractivity contribution in [2.75, 3.05) is 5.75 Å². The molecule has 0 fully saturated rings. The molecule has 0 N–H and O–H groups in total. The van der Waals surface area contributed by atoms with Gasteiger partial charge in [-0.3, -0.25) is 9.36 Å². The summed E-state index contributed by atoms with van der Waals surface area (Å²) in [6.07, 6.45) is 3.16. The Morgan fingerprint density at radius 2 is 2.13 bits per heavy atom. The van der Waals surface area contributed by atoms with Gasteiger partial charge in [0.15, 0.2) is 5.16 Å². The van der Waals surface area contributed by atoms with Crippen LogP contribution in [0.1, 0.15) is 50.1 Å². The Balaban J connectivity index is 1.91. The smallest absolute Gasteiger partial charge is 0.267 e. The average molecular weight is 439 g/mol. The fourth-order valence-electron chi connectivity index (χ4n) is 4.22. The van der Waals surface area contributed by atoms with E-state index in [4.69, 9.17) is 4.98 Å². The van der Waals surface area contributed by atoms with Gasteiger partial charge >= 0.3 is 0 Å². The van der Waals surface area contributed by atoms with Crippen molar-refractivity contribution in [3.05, 3.63) is 62.8 Å². The van der Waals surface area contributed by atoms with Crippen molar-refractivity contribution < 1.29 is 0 Å². The molecular weight excluding hydrogens is 408 g/mol. The van der Waals surface area contributed by atoms with Crippen LogP contribution in [-0.4, -0.2) is 15.3 Å². The molecule has 0 unspecified atom stereocenters. The third kappa shape index (κ3) is 4.02. The molecule has 2 heterocycles. The van der Waals surface area contributed by atoms with Crippen molar-refractivity contribution >= 4 is 33.3 Å². The van der Waals surface area contributed by atoms with Crippen LogP contribution in [0.4, 0.5) is 0 Å². The first-order chi connectivity index (χ1) is 14.1. The van der Waals surface area contributed by atoms with Crippen molar-refractivity contribution in [3.8, 4) is 5.69 Å². The van der Waals surface area contributed by atoms with Gasteiger partial charge in [0, 0.05) is 10.6 Å². The SMILES string of the molecule is C=C(C)CSc1nc2sc3c(c2c(=O)n1-c1cccc(C)c1)CC[C@@H](C(C)(C)C)C3. The number of benzene rings is 1. The second kappa shape index (κ2) is 8.01. The minimum absolute atomic E-state index is 0.0709. The Morgan fingerprint density at radius 3 is 2.80 bits per heavy atom. The van der Waals surface area contributed by atoms with Gasteiger partial charge < -0.3 is 0 Å². The molecule has 0 bridgehead atoms. The molecule has 1 aliphatic rings. The van der Waals surface area contributed by atoms with E-state index in [2.05, 4.69) is 46.4 Å². The second-order valence-electron chi connectivity index (χ2n) is 9.61. The predicted molar refractivity (Wildman–Crippen MR) is 130 cm³/mol. The van der Waals surface area contributed by atoms with E-state index in [1.807, 2.05) is 23.6 Å². The highest BCUT2D eigenvalue weighted by Crippen LogP contribution is 2.42. The lowest BCUT2D eigenvalue weighted by molar-refractivity contribution is 0.218. The zero-order valence-electron chi connectivity index (χ0n) is 18.5. The van der Waals surface area contributed by atoms with Gasteiger partial charge in [-0.2, -0.15) is 0 Å². The van der Waals surface area contributed by atoms with Crippen molar-refractivity contribution in [3.63, 3.8) is 0 Å². The average Bonchev–Trinajstić information content (AvgIpc) is 3.03. The van der Waals surface area contributed by atoms with Crippen LogP contribution in [0.25, 0.3) is 15.9 Å². The van der Waals surface area contributed by atoms with Crippen molar-refractivity contribution in [2.24, 2.45) is 11.3 Å². The molecule has 1 aliphatic carbocycles. The number of hydrogen-bond donors (Lipinski definition) is 0. The number of fused-ring (bicyclic) bond motifs is 3. The molecule has 0 amide bonds. The summed E-state index contributed by atoms with van der Waals surface area (Å²) < 4.78 is 1.81. The van der Waals surface area contributed by atoms with E-state index >= 15 is 0 Å². The molecule has 5 heteroatoms. The summed E-state index contributed by atoms with van der Waals surface area (Å²) in [5, 5.41) is 1.59. The lowest BCUT2D eigenvalue weighted by atomic mass is 9.72. The number of hydrogen-bond acceptors (Lipinski definition) is 4. The van der Waals surface area contributed by atoms with Crippen LogP contribution in [0, 0.1) is 18.3 Å². The fraction of sp³-hybridized carbons (Fsp3) is 0.440. The number of aryl methyl sites for hydroxylation is 2. The molecule has 0 spiro atoms. The van der Waals surface area contributed by atoms with Crippen LogP contribution >= 0.6 is 23.1 Å². The molecule has 0 saturated heterocycles. The van der Waals surface area contributed by atoms with E-state index in [0.29, 0.717) is 5.92 Å². The van der Waals surface area contributed by atoms with Gasteiger partial charge in [-0.05, 0) is 67.7 Å². The van der Waals surface area contributed by atoms with E-state index in [1.54, 1.807) is 23.1 Å². The first kappa shape index (κ1) is 21.4. The highest BCUT2D eigenvalue weighted by atomic mass is 32.2. The van der Waals surface area contributed by atoms with Crippen LogP contribution < -0.4 is 5.56 Å². The second-order valence-corrected chi connectivity index (χ2v) is 11.6. The Bertz CT molecular complexity index is 1180. The number of thiophene rings is 1. The summed E-state index contributed by atoms with van der Waals surface area (Å²) >= 11 is 3.32. The maximum atomic E-state index is 13.8. The van der Waals surface area contributed by atoms with E-state index in [0.717, 1.165) is 57.2 Å². The first-order valence-corrected chi connectivity index (χ1v) is 12.4. The third-order valence-corrected chi connectivity index (χ3v) is 8.30. The number of aromatic nitrogens is 2. The Kier molecular flexibility index (Phi) is 5.71. The van der Waals surface area contributed by atoms with Crippen LogP contribution in [0.15, 0.2) is 46.4 Å². The van der Waals surface area contributed by atoms with Crippen LogP contribution in [-0.2, 0) is 12.8 Å². The molecule has 0 aliphatic heterocycles. The molecule has 1 aromatic carbocycles. The van der Waals surface area contributed by atoms with E-state index in [1.165, 1.54) is 10.4 Å². The maximum absolute atomic E-state index is 13.8. The molecule has 0 saturated carbocycles. The minimum Gasteiger partial charge on any atom is -0.268 e. The molecule has 2 aromatic heterocycles. The van der Waals surface area contributed by atoms with E-state index < -0.39 is 0 Å². The van der Waals surface area contributed by atoms with Gasteiger partial charge in [-0.1, -0.05) is 56.8 Å². The number of rotatable bonds is 4. The largest absolute Gasteiger partial charge is 0.268 e. The highest BCUT2D eigenvalue weighted by Gasteiger charge is 2.32. The molecule has 3 aromatic rings. The summed E-state index contributed by atoms with van der Waals surface area (Å²) in [5.41, 5.74) is 4.69. The van der Waals surface area contributed by atoms with Crippen LogP contribution in [0.5, 0.6) is 0 Å². The zero-order valence-corrected chi connectivity index (χ0v) is 20.2. The van der Waals surface area contributed by atoms with Gasteiger partial charge in [0.05, 0.1) is 11.1 Å². The Morgan fingerprint density at radius 1 is 1.37 bits per heavy atom. The number of nitrogens with zero attached hydrogens (tertiary/aromatic N) is 2. The van der Waals surface area contributed by atoms with E-state index in [-0.39, 0.29) is 11.0 Å². The monoisotopic (exact) mass is 438 g/mol. The Hall–Kier alpha value is -1.85. The normalized spacial score (nSPS) is 16.6. The lowest BCUT2D eigenvalue weighted by Gasteiger charge is -2.33. The van der Waals surface area contributed by atoms with Crippen LogP contribution in [0.2, 0.25) is 0 Å². The number of thioether (sulfide) groups is 1. The lowest BCUT2D eigenvalue weighted by Crippen LogP contribution is -2.27. The van der Waals surface area contributed by atoms with Crippen molar-refractivity contribution in [1.82, 2.24) is 9.55 Å². The fourth-order valence-corrected chi connectivity index (χ4v) is 6.42. The van der Waals surface area contributed by atoms with Gasteiger partial charge in [0.1, 0.15) is 4.83 Å². The highest BCUT2D eigenvalue weighted by molar-refractivity contribution is 7.99. The zero-order chi connectivity index (χ0) is 21.6. The quantitative estimate of drug-likeness (QED) is 0.262. The summed E-state index contributed by atoms with van der Waals surface area (Å²) in [7, 11) is 0. The third-order valence-electron chi connectivity index (χ3n) is 5.98. The summed E-state index contributed by atoms with van der Waals surface area (Å²) in [6, 6.07) is 8.13. The first-order valence-electron chi connectivity index (χ1n) is 10.6. The standard InChI is InChI=1S/C25H30N2OS2/c1-15(2)14-29-24-26-22-21(23(28)27(24)18-9-7-8-16(3)12-18)19-11-10-17(25(4,5)6)13-20(19)30-22/h7-9,12,17H,1,10-11,13-14H2,2-6H3/t17-/m1/s1. The minimum atomic E-state index is 0.0709. The maximum Gasteiger partial charge on any atom is 0.267 e. The predicted octanol–water partition coefficient (Wildman–Crippen LogP) is 6.57. The van der Waals surface area contributed by atoms with Gasteiger partial charge in [-0.25, -0.2) is 4.98 Å². The molecule has 158 valence electrons. The summed E-state index contributed by atoms with van der Waals surface area (Å²) in [6.45, 7) is 15.1. The molecule has 1 atom stereocenters. The van der Waals surface area contributed by atoms with Crippen LogP contribution in [0.3, 0.4) is 0 Å². The Labute approximate surface area is 187 Å².